The number of carboxylic acids is 1. The van der Waals surface area contributed by atoms with Gasteiger partial charge in [-0.2, -0.15) is 10.2 Å². The molecule has 2 aromatic heterocycles. The second-order valence-electron chi connectivity index (χ2n) is 4.09. The largest absolute Gasteiger partial charge is 0.476 e. The minimum atomic E-state index is -1.18. The van der Waals surface area contributed by atoms with Gasteiger partial charge in [-0.1, -0.05) is 18.2 Å². The first-order chi connectivity index (χ1) is 10.2. The Bertz CT molecular complexity index is 756. The first kappa shape index (κ1) is 12.8. The van der Waals surface area contributed by atoms with Crippen molar-refractivity contribution < 1.29 is 14.6 Å². The van der Waals surface area contributed by atoms with E-state index in [0.717, 1.165) is 5.69 Å². The van der Waals surface area contributed by atoms with Crippen LogP contribution in [0.15, 0.2) is 54.9 Å². The molecule has 0 unspecified atom stereocenters. The summed E-state index contributed by atoms with van der Waals surface area (Å²) in [6, 6.07) is 12.4. The molecule has 0 spiro atoms. The monoisotopic (exact) mass is 282 g/mol. The third-order valence-electron chi connectivity index (χ3n) is 2.67. The normalized spacial score (nSPS) is 10.3. The number of benzene rings is 1. The first-order valence-corrected chi connectivity index (χ1v) is 6.08. The molecule has 0 bridgehead atoms. The second kappa shape index (κ2) is 5.41. The van der Waals surface area contributed by atoms with Gasteiger partial charge in [-0.3, -0.25) is 0 Å². The van der Waals surface area contributed by atoms with Gasteiger partial charge in [-0.25, -0.2) is 9.48 Å². The van der Waals surface area contributed by atoms with Crippen molar-refractivity contribution in [3.05, 3.63) is 60.6 Å². The standard InChI is InChI=1S/C14H10N4O3/c19-14(20)13-11(21-12-7-4-8-15-16-12)9-18(17-13)10-5-2-1-3-6-10/h1-9H,(H,19,20). The van der Waals surface area contributed by atoms with Crippen LogP contribution in [-0.2, 0) is 0 Å². The van der Waals surface area contributed by atoms with Gasteiger partial charge in [-0.05, 0) is 18.2 Å². The molecule has 0 radical (unpaired) electrons. The molecule has 3 rings (SSSR count). The number of aromatic nitrogens is 4. The van der Waals surface area contributed by atoms with Crippen molar-refractivity contribution in [2.45, 2.75) is 0 Å². The lowest BCUT2D eigenvalue weighted by Gasteiger charge is -2.00. The highest BCUT2D eigenvalue weighted by Gasteiger charge is 2.19. The third kappa shape index (κ3) is 2.71. The van der Waals surface area contributed by atoms with Gasteiger partial charge in [0.2, 0.25) is 11.6 Å². The second-order valence-corrected chi connectivity index (χ2v) is 4.09. The number of ether oxygens (including phenoxy) is 1. The Balaban J connectivity index is 2.00. The maximum Gasteiger partial charge on any atom is 0.360 e. The minimum absolute atomic E-state index is 0.104. The summed E-state index contributed by atoms with van der Waals surface area (Å²) in [6.45, 7) is 0. The van der Waals surface area contributed by atoms with Crippen molar-refractivity contribution in [1.29, 1.82) is 0 Å². The molecule has 21 heavy (non-hydrogen) atoms. The van der Waals surface area contributed by atoms with E-state index in [2.05, 4.69) is 15.3 Å². The summed E-state index contributed by atoms with van der Waals surface area (Å²) in [6.07, 6.45) is 2.99. The molecule has 104 valence electrons. The molecule has 3 aromatic rings. The molecule has 0 aliphatic heterocycles. The van der Waals surface area contributed by atoms with Gasteiger partial charge in [0.15, 0.2) is 5.75 Å². The molecule has 1 aromatic carbocycles. The lowest BCUT2D eigenvalue weighted by atomic mass is 10.3. The van der Waals surface area contributed by atoms with Crippen LogP contribution in [0.25, 0.3) is 5.69 Å². The quantitative estimate of drug-likeness (QED) is 0.788. The number of nitrogens with zero attached hydrogens (tertiary/aromatic N) is 4. The third-order valence-corrected chi connectivity index (χ3v) is 2.67. The van der Waals surface area contributed by atoms with E-state index in [9.17, 15) is 9.90 Å². The van der Waals surface area contributed by atoms with Crippen LogP contribution in [0.1, 0.15) is 10.5 Å². The van der Waals surface area contributed by atoms with E-state index in [0.29, 0.717) is 0 Å². The Hall–Kier alpha value is -3.22. The van der Waals surface area contributed by atoms with Crippen molar-refractivity contribution >= 4 is 5.97 Å². The number of hydrogen-bond donors (Lipinski definition) is 1. The van der Waals surface area contributed by atoms with Crippen molar-refractivity contribution in [1.82, 2.24) is 20.0 Å². The molecule has 0 saturated carbocycles. The number of rotatable bonds is 4. The highest BCUT2D eigenvalue weighted by molar-refractivity contribution is 5.88. The molecule has 0 aliphatic rings. The van der Waals surface area contributed by atoms with Crippen molar-refractivity contribution in [3.8, 4) is 17.3 Å². The van der Waals surface area contributed by atoms with Crippen LogP contribution in [0.5, 0.6) is 11.6 Å². The molecule has 7 nitrogen and oxygen atoms in total. The van der Waals surface area contributed by atoms with Crippen LogP contribution in [-0.4, -0.2) is 31.1 Å². The van der Waals surface area contributed by atoms with E-state index in [1.807, 2.05) is 30.3 Å². The molecule has 0 aliphatic carbocycles. The van der Waals surface area contributed by atoms with E-state index in [4.69, 9.17) is 4.74 Å². The molecule has 0 amide bonds. The van der Waals surface area contributed by atoms with Crippen LogP contribution in [0, 0.1) is 0 Å². The number of carboxylic acid groups (broad SMARTS) is 1. The molecule has 7 heteroatoms. The zero-order valence-corrected chi connectivity index (χ0v) is 10.7. The molecule has 1 N–H and O–H groups in total. The highest BCUT2D eigenvalue weighted by Crippen LogP contribution is 2.24. The Kier molecular flexibility index (Phi) is 3.30. The van der Waals surface area contributed by atoms with Gasteiger partial charge in [-0.15, -0.1) is 5.10 Å². The zero-order valence-electron chi connectivity index (χ0n) is 10.7. The molecule has 0 fully saturated rings. The SMILES string of the molecule is O=C(O)c1nn(-c2ccccc2)cc1Oc1cccnn1. The lowest BCUT2D eigenvalue weighted by molar-refractivity contribution is 0.0687. The van der Waals surface area contributed by atoms with Crippen molar-refractivity contribution in [2.75, 3.05) is 0 Å². The fourth-order valence-electron chi connectivity index (χ4n) is 1.75. The lowest BCUT2D eigenvalue weighted by Crippen LogP contribution is -2.02. The van der Waals surface area contributed by atoms with Crippen LogP contribution in [0.3, 0.4) is 0 Å². The summed E-state index contributed by atoms with van der Waals surface area (Å²) >= 11 is 0. The van der Waals surface area contributed by atoms with E-state index >= 15 is 0 Å². The number of hydrogen-bond acceptors (Lipinski definition) is 5. The summed E-state index contributed by atoms with van der Waals surface area (Å²) in [5, 5.41) is 20.7. The summed E-state index contributed by atoms with van der Waals surface area (Å²) in [5.41, 5.74) is 0.540. The van der Waals surface area contributed by atoms with Gasteiger partial charge in [0.05, 0.1) is 11.9 Å². The summed E-state index contributed by atoms with van der Waals surface area (Å²) < 4.78 is 6.87. The highest BCUT2D eigenvalue weighted by atomic mass is 16.5. The van der Waals surface area contributed by atoms with Gasteiger partial charge in [0.25, 0.3) is 0 Å². The average molecular weight is 282 g/mol. The number of carbonyl (C=O) groups is 1. The maximum atomic E-state index is 11.3. The van der Waals surface area contributed by atoms with E-state index < -0.39 is 5.97 Å². The fourth-order valence-corrected chi connectivity index (χ4v) is 1.75. The van der Waals surface area contributed by atoms with E-state index in [-0.39, 0.29) is 17.3 Å². The summed E-state index contributed by atoms with van der Waals surface area (Å²) in [4.78, 5) is 11.3. The molecular formula is C14H10N4O3. The smallest absolute Gasteiger partial charge is 0.360 e. The topological polar surface area (TPSA) is 90.1 Å². The summed E-state index contributed by atoms with van der Waals surface area (Å²) in [7, 11) is 0. The van der Waals surface area contributed by atoms with Gasteiger partial charge < -0.3 is 9.84 Å². The Morgan fingerprint density at radius 3 is 2.62 bits per heavy atom. The molecule has 0 atom stereocenters. The minimum Gasteiger partial charge on any atom is -0.476 e. The van der Waals surface area contributed by atoms with E-state index in [1.165, 1.54) is 17.1 Å². The van der Waals surface area contributed by atoms with Gasteiger partial charge >= 0.3 is 5.97 Å². The van der Waals surface area contributed by atoms with Crippen LogP contribution in [0.2, 0.25) is 0 Å². The molecule has 2 heterocycles. The Morgan fingerprint density at radius 1 is 1.14 bits per heavy atom. The predicted molar refractivity (Wildman–Crippen MR) is 72.6 cm³/mol. The van der Waals surface area contributed by atoms with Crippen LogP contribution < -0.4 is 4.74 Å². The molecule has 0 saturated heterocycles. The fraction of sp³-hybridized carbons (Fsp3) is 0. The van der Waals surface area contributed by atoms with E-state index in [1.54, 1.807) is 12.1 Å². The predicted octanol–water partition coefficient (Wildman–Crippen LogP) is 2.15. The molecular weight excluding hydrogens is 272 g/mol. The van der Waals surface area contributed by atoms with Gasteiger partial charge in [0, 0.05) is 12.3 Å². The number of para-hydroxylation sites is 1. The average Bonchev–Trinajstić information content (AvgIpc) is 2.93. The van der Waals surface area contributed by atoms with Crippen LogP contribution in [0.4, 0.5) is 0 Å². The van der Waals surface area contributed by atoms with Crippen LogP contribution >= 0.6 is 0 Å². The maximum absolute atomic E-state index is 11.3. The first-order valence-electron chi connectivity index (χ1n) is 6.08. The van der Waals surface area contributed by atoms with Gasteiger partial charge in [0.1, 0.15) is 0 Å². The summed E-state index contributed by atoms with van der Waals surface area (Å²) in [5.74, 6) is -0.872. The van der Waals surface area contributed by atoms with Crippen molar-refractivity contribution in [3.63, 3.8) is 0 Å². The number of aromatic carboxylic acids is 1. The van der Waals surface area contributed by atoms with Crippen molar-refractivity contribution in [2.24, 2.45) is 0 Å². The Morgan fingerprint density at radius 2 is 1.95 bits per heavy atom. The zero-order chi connectivity index (χ0) is 14.7. The Labute approximate surface area is 119 Å².